The third-order valence-electron chi connectivity index (χ3n) is 0.687. The number of nitrogen functional groups attached to an aromatic ring is 3. The molecule has 10 heavy (non-hydrogen) atoms. The molecular weight excluding hydrogens is 151 g/mol. The number of nitrogens with zero attached hydrogens (tertiary/aromatic N) is 3. The highest BCUT2D eigenvalue weighted by atomic mass is 31.0. The monoisotopic (exact) mass is 157 g/mol. The lowest BCUT2D eigenvalue weighted by Crippen LogP contribution is -2.05. The number of aromatic nitrogens is 3. The van der Waals surface area contributed by atoms with Crippen molar-refractivity contribution in [2.45, 2.75) is 0 Å². The van der Waals surface area contributed by atoms with Crippen LogP contribution in [-0.4, -0.2) is 15.0 Å². The number of anilines is 3. The van der Waals surface area contributed by atoms with E-state index < -0.39 is 0 Å². The molecule has 0 saturated heterocycles. The molecular formula is C3H6N6P. The van der Waals surface area contributed by atoms with Crippen LogP contribution in [0.25, 0.3) is 0 Å². The van der Waals surface area contributed by atoms with Gasteiger partial charge in [0.25, 0.3) is 0 Å². The molecule has 1 heterocycles. The summed E-state index contributed by atoms with van der Waals surface area (Å²) in [5.41, 5.74) is 15.4. The highest BCUT2D eigenvalue weighted by molar-refractivity contribution is 6.92. The summed E-state index contributed by atoms with van der Waals surface area (Å²) in [7, 11) is 0. The molecule has 0 aromatic carbocycles. The van der Waals surface area contributed by atoms with E-state index in [9.17, 15) is 0 Å². The zero-order chi connectivity index (χ0) is 6.85. The lowest BCUT2D eigenvalue weighted by atomic mass is 10.9. The maximum absolute atomic E-state index is 5.14. The van der Waals surface area contributed by atoms with Gasteiger partial charge >= 0.3 is 0 Å². The minimum absolute atomic E-state index is 0. The summed E-state index contributed by atoms with van der Waals surface area (Å²) in [6.45, 7) is 0. The molecule has 0 aliphatic carbocycles. The number of nitrogens with two attached hydrogens (primary N) is 3. The van der Waals surface area contributed by atoms with E-state index in [2.05, 4.69) is 15.0 Å². The standard InChI is InChI=1S/C3H6N6.P/c4-1-7-2(5)9-3(6)8-1;/h(H6,4,5,6,7,8,9);. The Morgan fingerprint density at radius 2 is 0.900 bits per heavy atom. The molecule has 6 N–H and O–H groups in total. The highest BCUT2D eigenvalue weighted by Crippen LogP contribution is 1.97. The first-order valence-electron chi connectivity index (χ1n) is 2.21. The Labute approximate surface area is 60.9 Å². The molecule has 1 aromatic heterocycles. The van der Waals surface area contributed by atoms with Gasteiger partial charge in [-0.05, 0) is 0 Å². The van der Waals surface area contributed by atoms with Crippen LogP contribution in [0.3, 0.4) is 0 Å². The van der Waals surface area contributed by atoms with E-state index in [1.807, 2.05) is 0 Å². The van der Waals surface area contributed by atoms with Crippen molar-refractivity contribution in [3.8, 4) is 0 Å². The maximum Gasteiger partial charge on any atom is 0.226 e. The van der Waals surface area contributed by atoms with E-state index in [1.54, 1.807) is 0 Å². The second-order valence-corrected chi connectivity index (χ2v) is 1.41. The van der Waals surface area contributed by atoms with Crippen LogP contribution in [-0.2, 0) is 0 Å². The van der Waals surface area contributed by atoms with Crippen LogP contribution in [0.1, 0.15) is 0 Å². The van der Waals surface area contributed by atoms with Crippen LogP contribution in [0, 0.1) is 0 Å². The molecule has 0 spiro atoms. The Bertz CT molecular complexity index is 174. The Hall–Kier alpha value is -1.16. The van der Waals surface area contributed by atoms with Crippen molar-refractivity contribution in [1.82, 2.24) is 15.0 Å². The van der Waals surface area contributed by atoms with Crippen molar-refractivity contribution in [2.24, 2.45) is 0 Å². The zero-order valence-corrected chi connectivity index (χ0v) is 5.92. The SMILES string of the molecule is Nc1nc(N)nc(N)n1.[P]. The summed E-state index contributed by atoms with van der Waals surface area (Å²) in [5, 5.41) is 0. The van der Waals surface area contributed by atoms with E-state index in [0.717, 1.165) is 0 Å². The topological polar surface area (TPSA) is 117 Å². The highest BCUT2D eigenvalue weighted by Gasteiger charge is 1.93. The van der Waals surface area contributed by atoms with E-state index in [-0.39, 0.29) is 27.7 Å². The Balaban J connectivity index is 0.000000810. The minimum atomic E-state index is 0. The third-order valence-corrected chi connectivity index (χ3v) is 0.687. The van der Waals surface area contributed by atoms with Gasteiger partial charge in [0.2, 0.25) is 17.8 Å². The predicted octanol–water partition coefficient (Wildman–Crippen LogP) is -0.521. The van der Waals surface area contributed by atoms with Crippen LogP contribution < -0.4 is 17.2 Å². The molecule has 0 unspecified atom stereocenters. The molecule has 1 rings (SSSR count). The van der Waals surface area contributed by atoms with Crippen molar-refractivity contribution < 1.29 is 0 Å². The van der Waals surface area contributed by atoms with E-state index in [1.165, 1.54) is 0 Å². The van der Waals surface area contributed by atoms with E-state index in [4.69, 9.17) is 17.2 Å². The smallest absolute Gasteiger partial charge is 0.226 e. The van der Waals surface area contributed by atoms with Crippen molar-refractivity contribution in [3.63, 3.8) is 0 Å². The lowest BCUT2D eigenvalue weighted by Gasteiger charge is -1.93. The summed E-state index contributed by atoms with van der Waals surface area (Å²) >= 11 is 0. The minimum Gasteiger partial charge on any atom is -0.368 e. The first-order valence-corrected chi connectivity index (χ1v) is 2.21. The average molecular weight is 157 g/mol. The van der Waals surface area contributed by atoms with Gasteiger partial charge in [-0.1, -0.05) is 0 Å². The van der Waals surface area contributed by atoms with Gasteiger partial charge in [0.15, 0.2) is 0 Å². The quantitative estimate of drug-likeness (QED) is 0.436. The maximum atomic E-state index is 5.14. The number of hydrogen-bond acceptors (Lipinski definition) is 6. The molecule has 0 saturated carbocycles. The van der Waals surface area contributed by atoms with Crippen LogP contribution in [0.15, 0.2) is 0 Å². The summed E-state index contributed by atoms with van der Waals surface area (Å²) in [6.07, 6.45) is 0. The Morgan fingerprint density at radius 1 is 0.700 bits per heavy atom. The van der Waals surface area contributed by atoms with Gasteiger partial charge in [0.1, 0.15) is 0 Å². The van der Waals surface area contributed by atoms with Crippen molar-refractivity contribution >= 4 is 27.7 Å². The van der Waals surface area contributed by atoms with E-state index in [0.29, 0.717) is 0 Å². The fourth-order valence-corrected chi connectivity index (χ4v) is 0.427. The predicted molar refractivity (Wildman–Crippen MR) is 40.0 cm³/mol. The molecule has 0 bridgehead atoms. The fourth-order valence-electron chi connectivity index (χ4n) is 0.427. The molecule has 1 aromatic rings. The van der Waals surface area contributed by atoms with E-state index >= 15 is 0 Å². The van der Waals surface area contributed by atoms with Crippen molar-refractivity contribution in [3.05, 3.63) is 0 Å². The van der Waals surface area contributed by atoms with Crippen LogP contribution in [0.4, 0.5) is 17.8 Å². The molecule has 0 aliphatic rings. The largest absolute Gasteiger partial charge is 0.368 e. The third kappa shape index (κ3) is 1.99. The summed E-state index contributed by atoms with van der Waals surface area (Å²) in [4.78, 5) is 10.5. The Kier molecular flexibility index (Phi) is 2.76. The molecule has 53 valence electrons. The second kappa shape index (κ2) is 3.12. The van der Waals surface area contributed by atoms with Gasteiger partial charge in [-0.25, -0.2) is 0 Å². The fraction of sp³-hybridized carbons (Fsp3) is 0. The average Bonchev–Trinajstić information content (AvgIpc) is 1.59. The van der Waals surface area contributed by atoms with Gasteiger partial charge in [-0.2, -0.15) is 15.0 Å². The first-order chi connectivity index (χ1) is 4.18. The summed E-state index contributed by atoms with van der Waals surface area (Å²) < 4.78 is 0. The van der Waals surface area contributed by atoms with Gasteiger partial charge in [-0.15, -0.1) is 0 Å². The molecule has 7 heteroatoms. The Morgan fingerprint density at radius 3 is 1.10 bits per heavy atom. The van der Waals surface area contributed by atoms with Crippen LogP contribution in [0.5, 0.6) is 0 Å². The summed E-state index contributed by atoms with van der Waals surface area (Å²) in [5.74, 6) is 0.125. The van der Waals surface area contributed by atoms with Crippen LogP contribution >= 0.6 is 9.90 Å². The zero-order valence-electron chi connectivity index (χ0n) is 5.02. The molecule has 3 radical (unpaired) electrons. The molecule has 0 aliphatic heterocycles. The molecule has 0 fully saturated rings. The van der Waals surface area contributed by atoms with Crippen LogP contribution in [0.2, 0.25) is 0 Å². The number of hydrogen-bond donors (Lipinski definition) is 3. The van der Waals surface area contributed by atoms with Gasteiger partial charge in [-0.3, -0.25) is 0 Å². The summed E-state index contributed by atoms with van der Waals surface area (Å²) in [6, 6.07) is 0. The van der Waals surface area contributed by atoms with Crippen molar-refractivity contribution in [1.29, 1.82) is 0 Å². The molecule has 0 amide bonds. The molecule has 0 atom stereocenters. The van der Waals surface area contributed by atoms with Gasteiger partial charge in [0.05, 0.1) is 0 Å². The second-order valence-electron chi connectivity index (χ2n) is 1.41. The lowest BCUT2D eigenvalue weighted by molar-refractivity contribution is 1.09. The van der Waals surface area contributed by atoms with Crippen molar-refractivity contribution in [2.75, 3.05) is 17.2 Å². The molecule has 6 nitrogen and oxygen atoms in total. The normalized spacial score (nSPS) is 8.40. The van der Waals surface area contributed by atoms with Gasteiger partial charge < -0.3 is 17.2 Å². The van der Waals surface area contributed by atoms with Gasteiger partial charge in [0, 0.05) is 9.90 Å². The first kappa shape index (κ1) is 8.84. The number of rotatable bonds is 0.